The number of rotatable bonds is 6. The zero-order chi connectivity index (χ0) is 21.1. The van der Waals surface area contributed by atoms with Gasteiger partial charge in [0.15, 0.2) is 0 Å². The second-order valence-corrected chi connectivity index (χ2v) is 8.14. The van der Waals surface area contributed by atoms with Crippen LogP contribution < -0.4 is 4.74 Å². The van der Waals surface area contributed by atoms with E-state index in [2.05, 4.69) is 32.8 Å². The van der Waals surface area contributed by atoms with Gasteiger partial charge in [-0.1, -0.05) is 23.2 Å². The molecule has 1 fully saturated rings. The van der Waals surface area contributed by atoms with E-state index in [9.17, 15) is 0 Å². The second-order valence-electron chi connectivity index (χ2n) is 5.78. The molecule has 30 heavy (non-hydrogen) atoms. The molecule has 1 radical (unpaired) electrons. The van der Waals surface area contributed by atoms with Gasteiger partial charge in [-0.25, -0.2) is 0 Å². The number of nitrogens with zero attached hydrogens (tertiary/aromatic N) is 3. The van der Waals surface area contributed by atoms with Crippen molar-refractivity contribution < 1.29 is 24.2 Å². The Hall–Kier alpha value is -0.527. The summed E-state index contributed by atoms with van der Waals surface area (Å²) in [5, 5.41) is 0.694. The Labute approximate surface area is 211 Å². The van der Waals surface area contributed by atoms with Gasteiger partial charge in [0.1, 0.15) is 5.75 Å². The fraction of sp³-hybridized carbons (Fsp3) is 0.238. The summed E-state index contributed by atoms with van der Waals surface area (Å²) in [6.07, 6.45) is 7.78. The molecule has 1 aliphatic heterocycles. The normalized spacial score (nSPS) is 14.6. The molecule has 0 atom stereocenters. The van der Waals surface area contributed by atoms with Gasteiger partial charge in [0, 0.05) is 22.3 Å². The predicted octanol–water partition coefficient (Wildman–Crippen LogP) is 6.59. The maximum absolute atomic E-state index is 5.84. The average Bonchev–Trinajstić information content (AvgIpc) is 3.23. The van der Waals surface area contributed by atoms with Gasteiger partial charge in [-0.15, -0.1) is 23.9 Å². The minimum Gasteiger partial charge on any atom is -0.497 e. The van der Waals surface area contributed by atoms with E-state index < -0.39 is 0 Å². The summed E-state index contributed by atoms with van der Waals surface area (Å²) >= 11 is 15.0. The van der Waals surface area contributed by atoms with Crippen LogP contribution in [0, 0.1) is 6.67 Å². The molecule has 4 nitrogen and oxygen atoms in total. The van der Waals surface area contributed by atoms with E-state index in [4.69, 9.17) is 27.9 Å². The van der Waals surface area contributed by atoms with Gasteiger partial charge < -0.3 is 13.3 Å². The van der Waals surface area contributed by atoms with Crippen molar-refractivity contribution in [2.75, 3.05) is 32.7 Å². The van der Waals surface area contributed by atoms with E-state index in [0.29, 0.717) is 5.02 Å². The van der Waals surface area contributed by atoms with Crippen LogP contribution in [0.3, 0.4) is 0 Å². The Kier molecular flexibility index (Phi) is 14.0. The van der Waals surface area contributed by atoms with E-state index >= 15 is 0 Å². The van der Waals surface area contributed by atoms with Crippen molar-refractivity contribution in [3.8, 4) is 5.75 Å². The predicted molar refractivity (Wildman–Crippen MR) is 131 cm³/mol. The average molecular weight is 571 g/mol. The molecule has 0 unspecified atom stereocenters. The van der Waals surface area contributed by atoms with Crippen LogP contribution >= 0.6 is 47.1 Å². The van der Waals surface area contributed by atoms with Gasteiger partial charge in [-0.2, -0.15) is 6.67 Å². The first-order valence-corrected chi connectivity index (χ1v) is 12.0. The maximum Gasteiger partial charge on any atom is 1.00 e. The van der Waals surface area contributed by atoms with Crippen molar-refractivity contribution in [3.05, 3.63) is 70.8 Å². The molecule has 9 heteroatoms. The largest absolute Gasteiger partial charge is 1.00 e. The molecule has 0 spiro atoms. The Morgan fingerprint density at radius 1 is 1.03 bits per heavy atom. The van der Waals surface area contributed by atoms with Crippen LogP contribution in [0.15, 0.2) is 53.0 Å². The van der Waals surface area contributed by atoms with Crippen LogP contribution in [0.1, 0.15) is 11.1 Å². The number of halogens is 2. The van der Waals surface area contributed by atoms with E-state index in [-0.39, 0.29) is 19.5 Å². The summed E-state index contributed by atoms with van der Waals surface area (Å²) in [4.78, 5) is 4.41. The summed E-state index contributed by atoms with van der Waals surface area (Å²) in [6.45, 7) is 4.46. The topological polar surface area (TPSA) is 28.1 Å². The maximum atomic E-state index is 5.84. The number of hydrogen-bond donors (Lipinski definition) is 0. The molecule has 2 aromatic carbocycles. The Balaban J connectivity index is 0.000000379. The van der Waals surface area contributed by atoms with Crippen molar-refractivity contribution >= 4 is 65.1 Å². The molecule has 0 bridgehead atoms. The third-order valence-corrected chi connectivity index (χ3v) is 5.85. The fourth-order valence-electron chi connectivity index (χ4n) is 2.41. The second kappa shape index (κ2) is 15.3. The number of ether oxygens (including phenoxy) is 1. The Morgan fingerprint density at radius 2 is 1.67 bits per heavy atom. The van der Waals surface area contributed by atoms with Gasteiger partial charge in [-0.3, -0.25) is 4.99 Å². The molecule has 1 heterocycles. The quantitative estimate of drug-likeness (QED) is 0.169. The summed E-state index contributed by atoms with van der Waals surface area (Å²) in [5.74, 6) is 0.776. The van der Waals surface area contributed by atoms with E-state index in [1.54, 1.807) is 43.3 Å². The van der Waals surface area contributed by atoms with Crippen LogP contribution in [0.25, 0.3) is 6.08 Å². The molecule has 3 rings (SSSR count). The van der Waals surface area contributed by atoms with Crippen molar-refractivity contribution in [1.29, 1.82) is 0 Å². The van der Waals surface area contributed by atoms with Crippen molar-refractivity contribution in [2.45, 2.75) is 0 Å². The summed E-state index contributed by atoms with van der Waals surface area (Å²) in [7, 11) is 1.63. The number of benzene rings is 2. The van der Waals surface area contributed by atoms with Crippen LogP contribution in [0.2, 0.25) is 5.02 Å². The molecule has 0 N–H and O–H groups in total. The Bertz CT molecular complexity index is 812. The van der Waals surface area contributed by atoms with E-state index in [0.717, 1.165) is 35.7 Å². The first-order valence-electron chi connectivity index (χ1n) is 8.80. The molecule has 0 aliphatic carbocycles. The number of hydrogen-bond acceptors (Lipinski definition) is 6. The third-order valence-electron chi connectivity index (χ3n) is 3.98. The number of aliphatic imine (C=N–C) groups is 1. The summed E-state index contributed by atoms with van der Waals surface area (Å²) in [6, 6.07) is 13.1. The Morgan fingerprint density at radius 3 is 2.17 bits per heavy atom. The molecule has 0 amide bonds. The molecule has 163 valence electrons. The molecule has 1 saturated heterocycles. The van der Waals surface area contributed by atoms with Crippen LogP contribution in [0.5, 0.6) is 5.75 Å². The minimum absolute atomic E-state index is 0. The third kappa shape index (κ3) is 9.31. The summed E-state index contributed by atoms with van der Waals surface area (Å²) in [5.41, 5.74) is 4.20. The fourth-order valence-corrected chi connectivity index (χ4v) is 3.68. The van der Waals surface area contributed by atoms with Gasteiger partial charge in [-0.05, 0) is 79.7 Å². The van der Waals surface area contributed by atoms with Crippen LogP contribution in [-0.2, 0) is 19.5 Å². The smallest absolute Gasteiger partial charge is 0.497 e. The molecule has 2 aromatic rings. The van der Waals surface area contributed by atoms with Crippen molar-refractivity contribution in [2.24, 2.45) is 4.99 Å². The van der Waals surface area contributed by atoms with E-state index in [1.165, 1.54) is 5.54 Å². The van der Waals surface area contributed by atoms with Crippen molar-refractivity contribution in [1.82, 2.24) is 8.61 Å². The van der Waals surface area contributed by atoms with Crippen LogP contribution in [-0.4, -0.2) is 47.5 Å². The summed E-state index contributed by atoms with van der Waals surface area (Å²) < 4.78 is 9.66. The molecule has 1 aliphatic rings. The first-order chi connectivity index (χ1) is 14.1. The minimum atomic E-state index is 0. The monoisotopic (exact) mass is 570 g/mol. The SMILES string of the molecule is COc1ccc(C=Nc2ccc(Cl)cc2)c(/C=C\Cl)c1.CSN1[CH-]N(SC)CC1.[Ru+]. The molecule has 0 aromatic heterocycles. The van der Waals surface area contributed by atoms with Gasteiger partial charge >= 0.3 is 19.5 Å². The van der Waals surface area contributed by atoms with Crippen molar-refractivity contribution in [3.63, 3.8) is 0 Å². The molecular formula is C21H24Cl2N3ORuS2. The van der Waals surface area contributed by atoms with Gasteiger partial charge in [0.05, 0.1) is 12.8 Å². The first kappa shape index (κ1) is 27.5. The number of methoxy groups -OCH3 is 1. The zero-order valence-electron chi connectivity index (χ0n) is 16.9. The van der Waals surface area contributed by atoms with E-state index in [1.807, 2.05) is 42.5 Å². The standard InChI is InChI=1S/C16H13Cl2NO.C5H11N2S2.Ru/c1-20-16-7-2-13(12(10-16)8-9-17)11-19-15-5-3-14(18)4-6-15;1-8-6-3-4-7(5-6)9-2;/h2-11H,1H3;5H,3-4H2,1-2H3;/q;-1;+1/b9-8-,19-11?;;. The van der Waals surface area contributed by atoms with Gasteiger partial charge in [0.25, 0.3) is 0 Å². The van der Waals surface area contributed by atoms with Crippen LogP contribution in [0.4, 0.5) is 5.69 Å². The molecular weight excluding hydrogens is 546 g/mol. The van der Waals surface area contributed by atoms with Gasteiger partial charge in [0.2, 0.25) is 0 Å². The molecule has 0 saturated carbocycles. The zero-order valence-corrected chi connectivity index (χ0v) is 21.8.